The van der Waals surface area contributed by atoms with E-state index in [1.807, 2.05) is 12.1 Å². The highest BCUT2D eigenvalue weighted by atomic mass is 79.9. The van der Waals surface area contributed by atoms with Crippen molar-refractivity contribution >= 4 is 67.4 Å². The first-order chi connectivity index (χ1) is 8.54. The Kier molecular flexibility index (Phi) is 4.69. The molecule has 18 heavy (non-hydrogen) atoms. The van der Waals surface area contributed by atoms with Crippen LogP contribution in [0.5, 0.6) is 0 Å². The number of anilines is 1. The number of thioether (sulfide) groups is 1. The third-order valence-electron chi connectivity index (χ3n) is 2.63. The van der Waals surface area contributed by atoms with E-state index in [4.69, 9.17) is 23.8 Å². The van der Waals surface area contributed by atoms with Crippen molar-refractivity contribution in [3.8, 4) is 0 Å². The molecule has 1 unspecified atom stereocenters. The molecular formula is C12H11BrClNOS2. The molecule has 1 fully saturated rings. The molecule has 0 aliphatic carbocycles. The molecule has 0 saturated carbocycles. The highest BCUT2D eigenvalue weighted by Gasteiger charge is 2.37. The Balaban J connectivity index is 2.30. The second kappa shape index (κ2) is 5.90. The maximum absolute atomic E-state index is 12.3. The first-order valence-electron chi connectivity index (χ1n) is 5.54. The lowest BCUT2D eigenvalue weighted by atomic mass is 10.2. The Morgan fingerprint density at radius 2 is 2.28 bits per heavy atom. The standard InChI is InChI=1S/C12H11BrClNOS2/c1-2-3-10-11(16)15(12(17)18-10)7-4-5-8(13)9(14)6-7/h4-6,10H,2-3H2,1H3. The third kappa shape index (κ3) is 2.74. The zero-order valence-corrected chi connectivity index (χ0v) is 13.6. The molecule has 0 bridgehead atoms. The number of rotatable bonds is 3. The van der Waals surface area contributed by atoms with Gasteiger partial charge in [-0.2, -0.15) is 0 Å². The lowest BCUT2D eigenvalue weighted by molar-refractivity contribution is -0.117. The molecule has 1 atom stereocenters. The third-order valence-corrected chi connectivity index (χ3v) is 5.44. The molecule has 0 radical (unpaired) electrons. The van der Waals surface area contributed by atoms with Gasteiger partial charge in [0.15, 0.2) is 0 Å². The average molecular weight is 365 g/mol. The SMILES string of the molecule is CCCC1SC(=S)N(c2ccc(Br)c(Cl)c2)C1=O. The molecule has 1 saturated heterocycles. The molecule has 2 rings (SSSR count). The molecular weight excluding hydrogens is 354 g/mol. The van der Waals surface area contributed by atoms with E-state index in [1.54, 1.807) is 11.0 Å². The van der Waals surface area contributed by atoms with Gasteiger partial charge in [-0.1, -0.05) is 48.9 Å². The van der Waals surface area contributed by atoms with Crippen LogP contribution in [0.15, 0.2) is 22.7 Å². The minimum atomic E-state index is -0.0510. The quantitative estimate of drug-likeness (QED) is 0.729. The van der Waals surface area contributed by atoms with Crippen LogP contribution in [0, 0.1) is 0 Å². The number of benzene rings is 1. The number of halogens is 2. The molecule has 1 aromatic rings. The molecule has 1 heterocycles. The van der Waals surface area contributed by atoms with Crippen molar-refractivity contribution < 1.29 is 4.79 Å². The van der Waals surface area contributed by atoms with Gasteiger partial charge in [0.2, 0.25) is 5.91 Å². The highest BCUT2D eigenvalue weighted by molar-refractivity contribution is 9.10. The van der Waals surface area contributed by atoms with E-state index in [2.05, 4.69) is 22.9 Å². The van der Waals surface area contributed by atoms with Crippen LogP contribution in [0.3, 0.4) is 0 Å². The van der Waals surface area contributed by atoms with Gasteiger partial charge in [-0.05, 0) is 40.5 Å². The fourth-order valence-electron chi connectivity index (χ4n) is 1.76. The lowest BCUT2D eigenvalue weighted by Gasteiger charge is -2.16. The molecule has 6 heteroatoms. The summed E-state index contributed by atoms with van der Waals surface area (Å²) in [7, 11) is 0. The molecule has 2 nitrogen and oxygen atoms in total. The van der Waals surface area contributed by atoms with Gasteiger partial charge in [0.05, 0.1) is 16.0 Å². The number of thiocarbonyl (C=S) groups is 1. The zero-order chi connectivity index (χ0) is 13.3. The first kappa shape index (κ1) is 14.3. The number of carbonyl (C=O) groups excluding carboxylic acids is 1. The van der Waals surface area contributed by atoms with Crippen LogP contribution in [0.4, 0.5) is 5.69 Å². The Morgan fingerprint density at radius 3 is 2.89 bits per heavy atom. The van der Waals surface area contributed by atoms with Crippen LogP contribution < -0.4 is 4.90 Å². The van der Waals surface area contributed by atoms with Crippen LogP contribution in [0.25, 0.3) is 0 Å². The Bertz CT molecular complexity index is 509. The summed E-state index contributed by atoms with van der Waals surface area (Å²) in [6.07, 6.45) is 1.82. The predicted molar refractivity (Wildman–Crippen MR) is 85.5 cm³/mol. The van der Waals surface area contributed by atoms with E-state index in [0.717, 1.165) is 23.0 Å². The summed E-state index contributed by atoms with van der Waals surface area (Å²) >= 11 is 16.1. The van der Waals surface area contributed by atoms with Gasteiger partial charge in [-0.25, -0.2) is 0 Å². The maximum Gasteiger partial charge on any atom is 0.246 e. The first-order valence-corrected chi connectivity index (χ1v) is 8.00. The van der Waals surface area contributed by atoms with Crippen molar-refractivity contribution in [2.75, 3.05) is 4.90 Å². The number of carbonyl (C=O) groups is 1. The van der Waals surface area contributed by atoms with Crippen LogP contribution >= 0.6 is 51.5 Å². The van der Waals surface area contributed by atoms with Gasteiger partial charge in [-0.3, -0.25) is 9.69 Å². The van der Waals surface area contributed by atoms with Gasteiger partial charge in [0, 0.05) is 4.47 Å². The van der Waals surface area contributed by atoms with E-state index in [9.17, 15) is 4.79 Å². The van der Waals surface area contributed by atoms with Crippen molar-refractivity contribution in [1.29, 1.82) is 0 Å². The second-order valence-electron chi connectivity index (χ2n) is 3.93. The zero-order valence-electron chi connectivity index (χ0n) is 9.65. The molecule has 1 aliphatic heterocycles. The Labute approximate surface area is 129 Å². The minimum Gasteiger partial charge on any atom is -0.273 e. The molecule has 0 N–H and O–H groups in total. The van der Waals surface area contributed by atoms with Crippen LogP contribution in [0.1, 0.15) is 19.8 Å². The molecule has 1 aliphatic rings. The monoisotopic (exact) mass is 363 g/mol. The van der Waals surface area contributed by atoms with Gasteiger partial charge < -0.3 is 0 Å². The van der Waals surface area contributed by atoms with Crippen LogP contribution in [-0.4, -0.2) is 15.5 Å². The van der Waals surface area contributed by atoms with Gasteiger partial charge in [0.25, 0.3) is 0 Å². The van der Waals surface area contributed by atoms with E-state index in [1.165, 1.54) is 11.8 Å². The molecule has 1 aromatic carbocycles. The van der Waals surface area contributed by atoms with Gasteiger partial charge >= 0.3 is 0 Å². The van der Waals surface area contributed by atoms with E-state index in [0.29, 0.717) is 9.34 Å². The number of nitrogens with zero attached hydrogens (tertiary/aromatic N) is 1. The fraction of sp³-hybridized carbons (Fsp3) is 0.333. The van der Waals surface area contributed by atoms with E-state index >= 15 is 0 Å². The smallest absolute Gasteiger partial charge is 0.246 e. The van der Waals surface area contributed by atoms with Crippen molar-refractivity contribution in [1.82, 2.24) is 0 Å². The number of hydrogen-bond donors (Lipinski definition) is 0. The number of amides is 1. The molecule has 96 valence electrons. The maximum atomic E-state index is 12.3. The average Bonchev–Trinajstić information content (AvgIpc) is 2.59. The summed E-state index contributed by atoms with van der Waals surface area (Å²) in [4.78, 5) is 13.8. The van der Waals surface area contributed by atoms with Crippen molar-refractivity contribution in [2.45, 2.75) is 25.0 Å². The van der Waals surface area contributed by atoms with Gasteiger partial charge in [-0.15, -0.1) is 0 Å². The highest BCUT2D eigenvalue weighted by Crippen LogP contribution is 2.36. The molecule has 0 spiro atoms. The molecule has 0 aromatic heterocycles. The van der Waals surface area contributed by atoms with Crippen molar-refractivity contribution in [3.05, 3.63) is 27.7 Å². The summed E-state index contributed by atoms with van der Waals surface area (Å²) in [5.74, 6) is 0.0604. The summed E-state index contributed by atoms with van der Waals surface area (Å²) < 4.78 is 1.42. The van der Waals surface area contributed by atoms with Crippen molar-refractivity contribution in [2.24, 2.45) is 0 Å². The minimum absolute atomic E-state index is 0.0510. The lowest BCUT2D eigenvalue weighted by Crippen LogP contribution is -2.31. The normalized spacial score (nSPS) is 19.7. The fourth-order valence-corrected chi connectivity index (χ4v) is 3.83. The van der Waals surface area contributed by atoms with Crippen LogP contribution in [0.2, 0.25) is 5.02 Å². The molecule has 1 amide bonds. The van der Waals surface area contributed by atoms with E-state index < -0.39 is 0 Å². The predicted octanol–water partition coefficient (Wildman–Crippen LogP) is 4.64. The Hall–Kier alpha value is -0.100. The summed E-state index contributed by atoms with van der Waals surface area (Å²) in [6, 6.07) is 5.42. The topological polar surface area (TPSA) is 20.3 Å². The van der Waals surface area contributed by atoms with Gasteiger partial charge in [0.1, 0.15) is 4.32 Å². The largest absolute Gasteiger partial charge is 0.273 e. The summed E-state index contributed by atoms with van der Waals surface area (Å²) in [6.45, 7) is 2.07. The summed E-state index contributed by atoms with van der Waals surface area (Å²) in [5, 5.41) is 0.525. The number of hydrogen-bond acceptors (Lipinski definition) is 3. The Morgan fingerprint density at radius 1 is 1.56 bits per heavy atom. The van der Waals surface area contributed by atoms with Crippen molar-refractivity contribution in [3.63, 3.8) is 0 Å². The van der Waals surface area contributed by atoms with Crippen LogP contribution in [-0.2, 0) is 4.79 Å². The summed E-state index contributed by atoms with van der Waals surface area (Å²) in [5.41, 5.74) is 0.740. The van der Waals surface area contributed by atoms with E-state index in [-0.39, 0.29) is 11.2 Å². The second-order valence-corrected chi connectivity index (χ2v) is 7.03.